The van der Waals surface area contributed by atoms with E-state index in [0.29, 0.717) is 13.3 Å². The fourth-order valence-corrected chi connectivity index (χ4v) is 2.87. The lowest BCUT2D eigenvalue weighted by atomic mass is 9.95. The molecule has 0 spiro atoms. The predicted octanol–water partition coefficient (Wildman–Crippen LogP) is 3.05. The number of halogens is 1. The highest BCUT2D eigenvalue weighted by atomic mass is 127. The lowest BCUT2D eigenvalue weighted by molar-refractivity contribution is 0.0310. The minimum atomic E-state index is -0.267. The van der Waals surface area contributed by atoms with E-state index in [4.69, 9.17) is 14.2 Å². The van der Waals surface area contributed by atoms with Crippen LogP contribution in [0.1, 0.15) is 39.2 Å². The summed E-state index contributed by atoms with van der Waals surface area (Å²) in [5, 5.41) is 6.81. The van der Waals surface area contributed by atoms with Crippen molar-refractivity contribution in [2.75, 3.05) is 33.5 Å². The molecule has 0 aromatic heterocycles. The molecule has 7 heteroatoms. The summed E-state index contributed by atoms with van der Waals surface area (Å²) < 4.78 is 16.4. The number of nitrogens with zero attached hydrogens (tertiary/aromatic N) is 1. The molecule has 1 heterocycles. The molecule has 0 amide bonds. The number of aliphatic imine (C=N–C) groups is 1. The molecular formula is C19H30IN3O3. The third kappa shape index (κ3) is 4.94. The van der Waals surface area contributed by atoms with Crippen LogP contribution in [0.4, 0.5) is 0 Å². The van der Waals surface area contributed by atoms with Crippen molar-refractivity contribution in [2.24, 2.45) is 4.99 Å². The van der Waals surface area contributed by atoms with Gasteiger partial charge in [0.05, 0.1) is 12.1 Å². The van der Waals surface area contributed by atoms with Gasteiger partial charge in [0.25, 0.3) is 0 Å². The molecule has 146 valence electrons. The quantitative estimate of drug-likeness (QED) is 0.361. The molecule has 0 unspecified atom stereocenters. The molecular weight excluding hydrogens is 445 g/mol. The van der Waals surface area contributed by atoms with Gasteiger partial charge in [0.2, 0.25) is 6.79 Å². The first-order chi connectivity index (χ1) is 12.0. The number of nitrogens with one attached hydrogen (secondary N) is 2. The molecule has 26 heavy (non-hydrogen) atoms. The Kier molecular flexibility index (Phi) is 7.01. The Labute approximate surface area is 173 Å². The van der Waals surface area contributed by atoms with Crippen molar-refractivity contribution in [1.29, 1.82) is 0 Å². The summed E-state index contributed by atoms with van der Waals surface area (Å²) in [6.07, 6.45) is 2.34. The Morgan fingerprint density at radius 3 is 2.62 bits per heavy atom. The summed E-state index contributed by atoms with van der Waals surface area (Å²) in [5.74, 6) is 2.52. The highest BCUT2D eigenvalue weighted by Gasteiger charge is 2.44. The van der Waals surface area contributed by atoms with Crippen molar-refractivity contribution in [3.63, 3.8) is 0 Å². The number of fused-ring (bicyclic) bond motifs is 1. The van der Waals surface area contributed by atoms with E-state index in [9.17, 15) is 0 Å². The molecule has 2 aliphatic rings. The molecule has 1 aliphatic carbocycles. The molecule has 0 saturated heterocycles. The Hall–Kier alpha value is -1.22. The second kappa shape index (κ2) is 8.65. The first-order valence-electron chi connectivity index (χ1n) is 8.95. The van der Waals surface area contributed by atoms with Gasteiger partial charge in [-0.25, -0.2) is 0 Å². The molecule has 1 fully saturated rings. The van der Waals surface area contributed by atoms with E-state index in [1.165, 1.54) is 18.4 Å². The zero-order chi connectivity index (χ0) is 17.9. The SMILES string of the molecule is CCNC(=NCC(C)(C)OC)NCC1(c2ccc3c(c2)OCO3)CC1.I. The predicted molar refractivity (Wildman–Crippen MR) is 114 cm³/mol. The molecule has 6 nitrogen and oxygen atoms in total. The summed E-state index contributed by atoms with van der Waals surface area (Å²) in [4.78, 5) is 4.66. The monoisotopic (exact) mass is 475 g/mol. The van der Waals surface area contributed by atoms with E-state index in [0.717, 1.165) is 30.5 Å². The second-order valence-corrected chi connectivity index (χ2v) is 7.36. The number of guanidine groups is 1. The van der Waals surface area contributed by atoms with Crippen LogP contribution in [0.3, 0.4) is 0 Å². The third-order valence-corrected chi connectivity index (χ3v) is 4.95. The molecule has 1 aromatic rings. The van der Waals surface area contributed by atoms with E-state index in [1.54, 1.807) is 7.11 Å². The van der Waals surface area contributed by atoms with E-state index in [-0.39, 0.29) is 35.0 Å². The van der Waals surface area contributed by atoms with Crippen molar-refractivity contribution in [3.05, 3.63) is 23.8 Å². The van der Waals surface area contributed by atoms with Crippen LogP contribution in [0.15, 0.2) is 23.2 Å². The van der Waals surface area contributed by atoms with Gasteiger partial charge in [-0.1, -0.05) is 6.07 Å². The summed E-state index contributed by atoms with van der Waals surface area (Å²) in [5.41, 5.74) is 1.20. The van der Waals surface area contributed by atoms with E-state index < -0.39 is 0 Å². The number of rotatable bonds is 7. The van der Waals surface area contributed by atoms with Crippen LogP contribution < -0.4 is 20.1 Å². The summed E-state index contributed by atoms with van der Waals surface area (Å²) in [6.45, 7) is 8.75. The van der Waals surface area contributed by atoms with Gasteiger partial charge in [0.15, 0.2) is 17.5 Å². The molecule has 1 saturated carbocycles. The van der Waals surface area contributed by atoms with Crippen molar-refractivity contribution in [1.82, 2.24) is 10.6 Å². The minimum Gasteiger partial charge on any atom is -0.454 e. The number of ether oxygens (including phenoxy) is 3. The zero-order valence-electron chi connectivity index (χ0n) is 16.1. The zero-order valence-corrected chi connectivity index (χ0v) is 18.4. The van der Waals surface area contributed by atoms with Crippen molar-refractivity contribution < 1.29 is 14.2 Å². The van der Waals surface area contributed by atoms with Gasteiger partial charge in [-0.3, -0.25) is 4.99 Å². The van der Waals surface area contributed by atoms with E-state index >= 15 is 0 Å². The van der Waals surface area contributed by atoms with Crippen molar-refractivity contribution in [2.45, 2.75) is 44.6 Å². The van der Waals surface area contributed by atoms with Crippen LogP contribution in [0.25, 0.3) is 0 Å². The highest BCUT2D eigenvalue weighted by molar-refractivity contribution is 14.0. The standard InChI is InChI=1S/C19H29N3O3.HI/c1-5-20-17(21-11-18(2,3)23-4)22-12-19(8-9-19)14-6-7-15-16(10-14)25-13-24-15;/h6-7,10H,5,8-9,11-13H2,1-4H3,(H2,20,21,22);1H. The number of benzene rings is 1. The van der Waals surface area contributed by atoms with Gasteiger partial charge in [0.1, 0.15) is 0 Å². The van der Waals surface area contributed by atoms with Gasteiger partial charge in [-0.05, 0) is 51.3 Å². The largest absolute Gasteiger partial charge is 0.454 e. The lowest BCUT2D eigenvalue weighted by Crippen LogP contribution is -2.42. The maximum absolute atomic E-state index is 5.52. The molecule has 0 radical (unpaired) electrons. The Morgan fingerprint density at radius 2 is 1.96 bits per heavy atom. The van der Waals surface area contributed by atoms with Gasteiger partial charge >= 0.3 is 0 Å². The fraction of sp³-hybridized carbons (Fsp3) is 0.632. The Balaban J connectivity index is 0.00000243. The lowest BCUT2D eigenvalue weighted by Gasteiger charge is -2.22. The topological polar surface area (TPSA) is 64.1 Å². The maximum atomic E-state index is 5.52. The smallest absolute Gasteiger partial charge is 0.231 e. The van der Waals surface area contributed by atoms with E-state index in [1.807, 2.05) is 19.9 Å². The molecule has 0 bridgehead atoms. The van der Waals surface area contributed by atoms with Crippen LogP contribution >= 0.6 is 24.0 Å². The van der Waals surface area contributed by atoms with Crippen molar-refractivity contribution >= 4 is 29.9 Å². The minimum absolute atomic E-state index is 0. The Bertz CT molecular complexity index is 645. The van der Waals surface area contributed by atoms with Crippen LogP contribution in [0.5, 0.6) is 11.5 Å². The summed E-state index contributed by atoms with van der Waals surface area (Å²) in [6, 6.07) is 6.29. The van der Waals surface area contributed by atoms with Gasteiger partial charge in [-0.2, -0.15) is 0 Å². The normalized spacial score (nSPS) is 17.5. The molecule has 3 rings (SSSR count). The summed E-state index contributed by atoms with van der Waals surface area (Å²) in [7, 11) is 1.72. The Morgan fingerprint density at radius 1 is 1.23 bits per heavy atom. The van der Waals surface area contributed by atoms with E-state index in [2.05, 4.69) is 34.7 Å². The van der Waals surface area contributed by atoms with Gasteiger partial charge in [0, 0.05) is 25.6 Å². The van der Waals surface area contributed by atoms with Crippen LogP contribution in [0, 0.1) is 0 Å². The summed E-state index contributed by atoms with van der Waals surface area (Å²) >= 11 is 0. The second-order valence-electron chi connectivity index (χ2n) is 7.36. The molecule has 1 aromatic carbocycles. The molecule has 1 aliphatic heterocycles. The number of methoxy groups -OCH3 is 1. The van der Waals surface area contributed by atoms with Crippen LogP contribution in [0.2, 0.25) is 0 Å². The molecule has 0 atom stereocenters. The van der Waals surface area contributed by atoms with Gasteiger partial charge in [-0.15, -0.1) is 24.0 Å². The van der Waals surface area contributed by atoms with Crippen molar-refractivity contribution in [3.8, 4) is 11.5 Å². The first-order valence-corrected chi connectivity index (χ1v) is 8.95. The fourth-order valence-electron chi connectivity index (χ4n) is 2.87. The maximum Gasteiger partial charge on any atom is 0.231 e. The third-order valence-electron chi connectivity index (χ3n) is 4.95. The number of hydrogen-bond acceptors (Lipinski definition) is 4. The average Bonchev–Trinajstić information content (AvgIpc) is 3.25. The van der Waals surface area contributed by atoms with Crippen LogP contribution in [-0.4, -0.2) is 45.1 Å². The van der Waals surface area contributed by atoms with Gasteiger partial charge < -0.3 is 24.8 Å². The number of hydrogen-bond donors (Lipinski definition) is 2. The van der Waals surface area contributed by atoms with Crippen LogP contribution in [-0.2, 0) is 10.2 Å². The molecule has 2 N–H and O–H groups in total. The first kappa shape index (κ1) is 21.1. The average molecular weight is 475 g/mol. The highest BCUT2D eigenvalue weighted by Crippen LogP contribution is 2.49.